The Labute approximate surface area is 151 Å². The molecule has 2 nitrogen and oxygen atoms in total. The van der Waals surface area contributed by atoms with Gasteiger partial charge >= 0.3 is 0 Å². The van der Waals surface area contributed by atoms with Crippen LogP contribution in [0.2, 0.25) is 0 Å². The molecule has 0 aliphatic rings. The fourth-order valence-electron chi connectivity index (χ4n) is 3.14. The lowest BCUT2D eigenvalue weighted by Gasteiger charge is -2.13. The highest BCUT2D eigenvalue weighted by molar-refractivity contribution is 7.99. The summed E-state index contributed by atoms with van der Waals surface area (Å²) in [6.07, 6.45) is 0. The van der Waals surface area contributed by atoms with Crippen LogP contribution in [0.15, 0.2) is 82.6 Å². The van der Waals surface area contributed by atoms with Crippen LogP contribution in [0, 0.1) is 0 Å². The number of hydrogen-bond acceptors (Lipinski definition) is 3. The molecule has 0 bridgehead atoms. The van der Waals surface area contributed by atoms with E-state index in [9.17, 15) is 0 Å². The smallest absolute Gasteiger partial charge is 0.126 e. The van der Waals surface area contributed by atoms with Crippen LogP contribution in [0.3, 0.4) is 0 Å². The van der Waals surface area contributed by atoms with Gasteiger partial charge in [-0.05, 0) is 35.0 Å². The molecular formula is C22H18O2S. The summed E-state index contributed by atoms with van der Waals surface area (Å²) < 4.78 is 11.0. The predicted octanol–water partition coefficient (Wildman–Crippen LogP) is 6.16. The van der Waals surface area contributed by atoms with Crippen LogP contribution in [0.25, 0.3) is 21.5 Å². The Kier molecular flexibility index (Phi) is 4.24. The van der Waals surface area contributed by atoms with Crippen molar-refractivity contribution in [2.24, 2.45) is 0 Å². The summed E-state index contributed by atoms with van der Waals surface area (Å²) in [5.74, 6) is 1.80. The van der Waals surface area contributed by atoms with E-state index in [0.29, 0.717) is 0 Å². The lowest BCUT2D eigenvalue weighted by molar-refractivity contribution is 0.419. The Morgan fingerprint density at radius 3 is 1.32 bits per heavy atom. The second-order valence-corrected chi connectivity index (χ2v) is 6.81. The van der Waals surface area contributed by atoms with Gasteiger partial charge < -0.3 is 9.47 Å². The van der Waals surface area contributed by atoms with Crippen LogP contribution >= 0.6 is 11.8 Å². The zero-order valence-corrected chi connectivity index (χ0v) is 15.0. The molecule has 0 saturated heterocycles. The van der Waals surface area contributed by atoms with Crippen LogP contribution in [0.4, 0.5) is 0 Å². The van der Waals surface area contributed by atoms with Gasteiger partial charge in [-0.3, -0.25) is 0 Å². The van der Waals surface area contributed by atoms with Crippen molar-refractivity contribution in [3.63, 3.8) is 0 Å². The second-order valence-electron chi connectivity index (χ2n) is 5.73. The van der Waals surface area contributed by atoms with Crippen molar-refractivity contribution < 1.29 is 9.47 Å². The van der Waals surface area contributed by atoms with E-state index in [1.165, 1.54) is 20.6 Å². The van der Waals surface area contributed by atoms with Crippen molar-refractivity contribution in [2.45, 2.75) is 9.79 Å². The summed E-state index contributed by atoms with van der Waals surface area (Å²) in [7, 11) is 3.43. The van der Waals surface area contributed by atoms with Gasteiger partial charge in [-0.15, -0.1) is 0 Å². The molecule has 0 N–H and O–H groups in total. The summed E-state index contributed by atoms with van der Waals surface area (Å²) in [5, 5.41) is 4.67. The van der Waals surface area contributed by atoms with E-state index in [1.807, 2.05) is 24.3 Å². The van der Waals surface area contributed by atoms with Crippen molar-refractivity contribution in [3.05, 3.63) is 72.8 Å². The highest BCUT2D eigenvalue weighted by atomic mass is 32.2. The first kappa shape index (κ1) is 15.9. The second kappa shape index (κ2) is 6.69. The molecule has 0 unspecified atom stereocenters. The van der Waals surface area contributed by atoms with Gasteiger partial charge in [0.15, 0.2) is 0 Å². The molecule has 4 aromatic rings. The number of fused-ring (bicyclic) bond motifs is 2. The molecule has 0 aliphatic carbocycles. The number of benzene rings is 4. The number of ether oxygens (including phenoxy) is 2. The van der Waals surface area contributed by atoms with Gasteiger partial charge in [-0.25, -0.2) is 0 Å². The maximum atomic E-state index is 5.51. The minimum absolute atomic E-state index is 0.902. The van der Waals surface area contributed by atoms with Crippen molar-refractivity contribution in [1.29, 1.82) is 0 Å². The van der Waals surface area contributed by atoms with Crippen LogP contribution < -0.4 is 9.47 Å². The van der Waals surface area contributed by atoms with Crippen LogP contribution in [0.5, 0.6) is 11.5 Å². The molecule has 124 valence electrons. The third-order valence-corrected chi connectivity index (χ3v) is 5.50. The largest absolute Gasteiger partial charge is 0.496 e. The lowest BCUT2D eigenvalue weighted by atomic mass is 10.1. The first-order valence-corrected chi connectivity index (χ1v) is 8.93. The predicted molar refractivity (Wildman–Crippen MR) is 105 cm³/mol. The molecule has 4 aromatic carbocycles. The summed E-state index contributed by atoms with van der Waals surface area (Å²) >= 11 is 1.77. The third-order valence-electron chi connectivity index (χ3n) is 4.35. The summed E-state index contributed by atoms with van der Waals surface area (Å²) in [6.45, 7) is 0. The summed E-state index contributed by atoms with van der Waals surface area (Å²) in [6, 6.07) is 25.1. The fourth-order valence-corrected chi connectivity index (χ4v) is 4.23. The van der Waals surface area contributed by atoms with Gasteiger partial charge in [0.2, 0.25) is 0 Å². The molecular weight excluding hydrogens is 328 g/mol. The molecule has 0 amide bonds. The highest BCUT2D eigenvalue weighted by Crippen LogP contribution is 2.41. The van der Waals surface area contributed by atoms with E-state index in [-0.39, 0.29) is 0 Å². The van der Waals surface area contributed by atoms with Crippen molar-refractivity contribution in [2.75, 3.05) is 14.2 Å². The number of methoxy groups -OCH3 is 2. The molecule has 0 heterocycles. The van der Waals surface area contributed by atoms with E-state index in [0.717, 1.165) is 22.3 Å². The Hall–Kier alpha value is -2.65. The van der Waals surface area contributed by atoms with Gasteiger partial charge in [0, 0.05) is 20.6 Å². The minimum Gasteiger partial charge on any atom is -0.496 e. The van der Waals surface area contributed by atoms with Crippen molar-refractivity contribution in [1.82, 2.24) is 0 Å². The average molecular weight is 346 g/mol. The molecule has 4 rings (SSSR count). The topological polar surface area (TPSA) is 18.5 Å². The molecule has 3 heteroatoms. The van der Waals surface area contributed by atoms with Gasteiger partial charge in [-0.2, -0.15) is 0 Å². The maximum Gasteiger partial charge on any atom is 0.126 e. The summed E-state index contributed by atoms with van der Waals surface area (Å²) in [4.78, 5) is 2.43. The Bertz CT molecular complexity index is 971. The Morgan fingerprint density at radius 2 is 0.920 bits per heavy atom. The van der Waals surface area contributed by atoms with E-state index < -0.39 is 0 Å². The zero-order chi connectivity index (χ0) is 17.2. The van der Waals surface area contributed by atoms with Gasteiger partial charge in [-0.1, -0.05) is 60.3 Å². The van der Waals surface area contributed by atoms with Crippen molar-refractivity contribution in [3.8, 4) is 11.5 Å². The average Bonchev–Trinajstić information content (AvgIpc) is 2.68. The van der Waals surface area contributed by atoms with E-state index in [4.69, 9.17) is 9.47 Å². The monoisotopic (exact) mass is 346 g/mol. The Morgan fingerprint density at radius 1 is 0.520 bits per heavy atom. The minimum atomic E-state index is 0.902. The molecule has 0 radical (unpaired) electrons. The maximum absolute atomic E-state index is 5.51. The van der Waals surface area contributed by atoms with Gasteiger partial charge in [0.25, 0.3) is 0 Å². The molecule has 0 aliphatic heterocycles. The molecule has 0 atom stereocenters. The number of rotatable bonds is 4. The van der Waals surface area contributed by atoms with Crippen LogP contribution in [0.1, 0.15) is 0 Å². The molecule has 0 spiro atoms. The van der Waals surface area contributed by atoms with Crippen molar-refractivity contribution >= 4 is 33.3 Å². The fraction of sp³-hybridized carbons (Fsp3) is 0.0909. The first-order valence-electron chi connectivity index (χ1n) is 8.11. The lowest BCUT2D eigenvalue weighted by Crippen LogP contribution is -1.88. The van der Waals surface area contributed by atoms with Gasteiger partial charge in [0.1, 0.15) is 11.5 Å². The van der Waals surface area contributed by atoms with Crippen LogP contribution in [-0.2, 0) is 0 Å². The van der Waals surface area contributed by atoms with Crippen LogP contribution in [-0.4, -0.2) is 14.2 Å². The third kappa shape index (κ3) is 2.81. The molecule has 0 fully saturated rings. The van der Waals surface area contributed by atoms with E-state index >= 15 is 0 Å². The molecule has 0 aromatic heterocycles. The normalized spacial score (nSPS) is 11.0. The number of hydrogen-bond donors (Lipinski definition) is 0. The van der Waals surface area contributed by atoms with E-state index in [2.05, 4.69) is 48.5 Å². The zero-order valence-electron chi connectivity index (χ0n) is 14.2. The van der Waals surface area contributed by atoms with E-state index in [1.54, 1.807) is 26.0 Å². The standard InChI is InChI=1S/C22H18O2S/c1-23-19-11-13-21(17-9-5-3-7-15(17)19)25-22-14-12-20(24-2)16-8-4-6-10-18(16)22/h3-14H,1-2H3. The SMILES string of the molecule is COc1ccc(Sc2ccc(OC)c3ccccc23)c2ccccc12. The highest BCUT2D eigenvalue weighted by Gasteiger charge is 2.11. The molecule has 0 saturated carbocycles. The molecule has 25 heavy (non-hydrogen) atoms. The first-order chi connectivity index (χ1) is 12.3. The van der Waals surface area contributed by atoms with Gasteiger partial charge in [0.05, 0.1) is 14.2 Å². The quantitative estimate of drug-likeness (QED) is 0.441. The summed E-state index contributed by atoms with van der Waals surface area (Å²) in [5.41, 5.74) is 0. The Balaban J connectivity index is 1.87.